The van der Waals surface area contributed by atoms with E-state index in [9.17, 15) is 22.8 Å². The molecule has 1 aliphatic heterocycles. The van der Waals surface area contributed by atoms with Gasteiger partial charge < -0.3 is 0 Å². The zero-order valence-corrected chi connectivity index (χ0v) is 11.4. The van der Waals surface area contributed by atoms with E-state index in [2.05, 4.69) is 0 Å². The molecule has 1 fully saturated rings. The number of anilines is 1. The molecule has 0 aromatic heterocycles. The van der Waals surface area contributed by atoms with Crippen molar-refractivity contribution >= 4 is 29.3 Å². The van der Waals surface area contributed by atoms with Crippen molar-refractivity contribution in [2.45, 2.75) is 24.8 Å². The highest BCUT2D eigenvalue weighted by atomic mass is 32.2. The molecule has 0 N–H and O–H groups in total. The van der Waals surface area contributed by atoms with E-state index in [0.717, 1.165) is 17.0 Å². The van der Waals surface area contributed by atoms with E-state index in [1.165, 1.54) is 23.9 Å². The smallest absolute Gasteiger partial charge is 0.274 e. The molecule has 108 valence electrons. The molecule has 0 spiro atoms. The quantitative estimate of drug-likeness (QED) is 0.805. The van der Waals surface area contributed by atoms with Gasteiger partial charge in [-0.1, -0.05) is 13.0 Å². The van der Waals surface area contributed by atoms with Crippen LogP contribution in [0.5, 0.6) is 0 Å². The number of benzene rings is 1. The Labute approximate surface area is 118 Å². The van der Waals surface area contributed by atoms with Gasteiger partial charge in [-0.25, -0.2) is 4.90 Å². The van der Waals surface area contributed by atoms with E-state index in [4.69, 9.17) is 0 Å². The first kappa shape index (κ1) is 14.9. The first-order valence-electron chi connectivity index (χ1n) is 6.00. The largest absolute Gasteiger partial charge is 0.416 e. The summed E-state index contributed by atoms with van der Waals surface area (Å²) in [4.78, 5) is 24.8. The Balaban J connectivity index is 2.32. The molecule has 7 heteroatoms. The molecule has 0 aliphatic carbocycles. The van der Waals surface area contributed by atoms with E-state index in [1.54, 1.807) is 0 Å². The fourth-order valence-electron chi connectivity index (χ4n) is 2.03. The zero-order valence-electron chi connectivity index (χ0n) is 10.6. The Morgan fingerprint density at radius 2 is 2.05 bits per heavy atom. The summed E-state index contributed by atoms with van der Waals surface area (Å²) in [6.07, 6.45) is -4.47. The van der Waals surface area contributed by atoms with Gasteiger partial charge in [-0.2, -0.15) is 13.2 Å². The van der Waals surface area contributed by atoms with Crippen LogP contribution in [-0.2, 0) is 15.8 Å². The molecule has 1 aliphatic rings. The van der Waals surface area contributed by atoms with Gasteiger partial charge in [-0.15, -0.1) is 11.8 Å². The van der Waals surface area contributed by atoms with Crippen LogP contribution in [0.4, 0.5) is 18.9 Å². The second-order valence-corrected chi connectivity index (χ2v) is 5.74. The predicted molar refractivity (Wildman–Crippen MR) is 70.5 cm³/mol. The number of carbonyl (C=O) groups is 2. The molecule has 0 radical (unpaired) electrons. The minimum Gasteiger partial charge on any atom is -0.274 e. The molecule has 1 aromatic rings. The maximum Gasteiger partial charge on any atom is 0.416 e. The summed E-state index contributed by atoms with van der Waals surface area (Å²) in [5.74, 6) is -0.235. The van der Waals surface area contributed by atoms with Crippen molar-refractivity contribution in [1.29, 1.82) is 0 Å². The number of amides is 2. The van der Waals surface area contributed by atoms with Crippen molar-refractivity contribution in [3.63, 3.8) is 0 Å². The summed E-state index contributed by atoms with van der Waals surface area (Å²) < 4.78 is 38.0. The average Bonchev–Trinajstić information content (AvgIpc) is 2.64. The lowest BCUT2D eigenvalue weighted by molar-refractivity contribution is -0.137. The van der Waals surface area contributed by atoms with Crippen molar-refractivity contribution in [3.05, 3.63) is 29.8 Å². The van der Waals surface area contributed by atoms with Gasteiger partial charge in [0.2, 0.25) is 11.8 Å². The zero-order chi connectivity index (χ0) is 14.9. The number of thioether (sulfide) groups is 1. The molecular formula is C13H12F3NO2S. The second kappa shape index (κ2) is 5.47. The summed E-state index contributed by atoms with van der Waals surface area (Å²) >= 11 is 1.32. The Hall–Kier alpha value is -1.50. The topological polar surface area (TPSA) is 37.4 Å². The normalized spacial score (nSPS) is 19.8. The van der Waals surface area contributed by atoms with Crippen molar-refractivity contribution in [1.82, 2.24) is 0 Å². The monoisotopic (exact) mass is 303 g/mol. The highest BCUT2D eigenvalue weighted by molar-refractivity contribution is 8.00. The van der Waals surface area contributed by atoms with Crippen LogP contribution in [-0.4, -0.2) is 22.8 Å². The molecule has 20 heavy (non-hydrogen) atoms. The minimum atomic E-state index is -4.50. The number of halogens is 3. The van der Waals surface area contributed by atoms with Gasteiger partial charge in [0.25, 0.3) is 0 Å². The first-order valence-corrected chi connectivity index (χ1v) is 7.05. The summed E-state index contributed by atoms with van der Waals surface area (Å²) in [6, 6.07) is 4.27. The number of hydrogen-bond donors (Lipinski definition) is 0. The number of imide groups is 1. The Morgan fingerprint density at radius 1 is 1.35 bits per heavy atom. The molecule has 3 nitrogen and oxygen atoms in total. The molecule has 1 saturated heterocycles. The van der Waals surface area contributed by atoms with E-state index in [-0.39, 0.29) is 12.1 Å². The van der Waals surface area contributed by atoms with Crippen LogP contribution in [0.25, 0.3) is 0 Å². The molecule has 1 aromatic carbocycles. The lowest BCUT2D eigenvalue weighted by atomic mass is 10.2. The van der Waals surface area contributed by atoms with Crippen molar-refractivity contribution in [3.8, 4) is 0 Å². The van der Waals surface area contributed by atoms with Gasteiger partial charge >= 0.3 is 6.18 Å². The minimum absolute atomic E-state index is 0.0194. The molecule has 2 rings (SSSR count). The van der Waals surface area contributed by atoms with Crippen LogP contribution in [0.15, 0.2) is 24.3 Å². The summed E-state index contributed by atoms with van der Waals surface area (Å²) in [5.41, 5.74) is -0.892. The third-order valence-corrected chi connectivity index (χ3v) is 4.01. The molecule has 1 atom stereocenters. The van der Waals surface area contributed by atoms with E-state index in [0.29, 0.717) is 5.75 Å². The van der Waals surface area contributed by atoms with E-state index < -0.39 is 28.8 Å². The van der Waals surface area contributed by atoms with Crippen LogP contribution < -0.4 is 4.90 Å². The Morgan fingerprint density at radius 3 is 2.65 bits per heavy atom. The number of carbonyl (C=O) groups excluding carboxylic acids is 2. The van der Waals surface area contributed by atoms with Gasteiger partial charge in [0, 0.05) is 6.42 Å². The molecule has 0 bridgehead atoms. The molecule has 0 saturated carbocycles. The van der Waals surface area contributed by atoms with Gasteiger partial charge in [0.1, 0.15) is 0 Å². The molecular weight excluding hydrogens is 291 g/mol. The Kier molecular flexibility index (Phi) is 4.08. The lowest BCUT2D eigenvalue weighted by Crippen LogP contribution is -2.31. The number of nitrogens with zero attached hydrogens (tertiary/aromatic N) is 1. The van der Waals surface area contributed by atoms with Crippen molar-refractivity contribution in [2.75, 3.05) is 10.7 Å². The third kappa shape index (κ3) is 2.82. The fourth-order valence-corrected chi connectivity index (χ4v) is 2.94. The maximum atomic E-state index is 12.7. The second-order valence-electron chi connectivity index (χ2n) is 4.26. The van der Waals surface area contributed by atoms with Gasteiger partial charge in [-0.3, -0.25) is 9.59 Å². The van der Waals surface area contributed by atoms with Crippen LogP contribution in [0, 0.1) is 0 Å². The summed E-state index contributed by atoms with van der Waals surface area (Å²) in [7, 11) is 0. The SMILES string of the molecule is CCSC1CC(=O)N(c2cccc(C(F)(F)F)c2)C1=O. The highest BCUT2D eigenvalue weighted by Gasteiger charge is 2.40. The van der Waals surface area contributed by atoms with Gasteiger partial charge in [0.15, 0.2) is 0 Å². The van der Waals surface area contributed by atoms with Crippen LogP contribution in [0.1, 0.15) is 18.9 Å². The Bertz CT molecular complexity index is 545. The standard InChI is InChI=1S/C13H12F3NO2S/c1-2-20-10-7-11(18)17(12(10)19)9-5-3-4-8(6-9)13(14,15)16/h3-6,10H,2,7H2,1H3. The van der Waals surface area contributed by atoms with Crippen molar-refractivity contribution in [2.24, 2.45) is 0 Å². The van der Waals surface area contributed by atoms with Crippen LogP contribution in [0.3, 0.4) is 0 Å². The van der Waals surface area contributed by atoms with Crippen LogP contribution >= 0.6 is 11.8 Å². The van der Waals surface area contributed by atoms with Gasteiger partial charge in [-0.05, 0) is 24.0 Å². The molecule has 1 unspecified atom stereocenters. The maximum absolute atomic E-state index is 12.7. The number of alkyl halides is 3. The first-order chi connectivity index (χ1) is 9.34. The molecule has 2 amide bonds. The molecule has 1 heterocycles. The predicted octanol–water partition coefficient (Wildman–Crippen LogP) is 3.09. The fraction of sp³-hybridized carbons (Fsp3) is 0.385. The van der Waals surface area contributed by atoms with Crippen molar-refractivity contribution < 1.29 is 22.8 Å². The summed E-state index contributed by atoms with van der Waals surface area (Å²) in [5, 5.41) is -0.498. The highest BCUT2D eigenvalue weighted by Crippen LogP contribution is 2.34. The lowest BCUT2D eigenvalue weighted by Gasteiger charge is -2.16. The number of rotatable bonds is 3. The van der Waals surface area contributed by atoms with Crippen LogP contribution in [0.2, 0.25) is 0 Å². The average molecular weight is 303 g/mol. The third-order valence-electron chi connectivity index (χ3n) is 2.90. The van der Waals surface area contributed by atoms with E-state index in [1.807, 2.05) is 6.92 Å². The summed E-state index contributed by atoms with van der Waals surface area (Å²) in [6.45, 7) is 1.86. The number of hydrogen-bond acceptors (Lipinski definition) is 3. The van der Waals surface area contributed by atoms with E-state index >= 15 is 0 Å². The van der Waals surface area contributed by atoms with Gasteiger partial charge in [0.05, 0.1) is 16.5 Å².